The summed E-state index contributed by atoms with van der Waals surface area (Å²) in [5.41, 5.74) is 2.08. The van der Waals surface area contributed by atoms with Gasteiger partial charge in [0.05, 0.1) is 17.8 Å². The van der Waals surface area contributed by atoms with Gasteiger partial charge in [0, 0.05) is 31.1 Å². The highest BCUT2D eigenvalue weighted by Crippen LogP contribution is 2.24. The Labute approximate surface area is 170 Å². The number of ether oxygens (including phenoxy) is 1. The average molecular weight is 472 g/mol. The summed E-state index contributed by atoms with van der Waals surface area (Å²) in [6.07, 6.45) is 2.22. The van der Waals surface area contributed by atoms with Gasteiger partial charge in [0.2, 0.25) is 0 Å². The molecule has 1 saturated heterocycles. The second-order valence-electron chi connectivity index (χ2n) is 6.17. The van der Waals surface area contributed by atoms with Crippen LogP contribution in [-0.2, 0) is 11.3 Å². The van der Waals surface area contributed by atoms with E-state index in [-0.39, 0.29) is 29.6 Å². The van der Waals surface area contributed by atoms with Crippen molar-refractivity contribution in [2.75, 3.05) is 20.2 Å². The van der Waals surface area contributed by atoms with Crippen molar-refractivity contribution in [3.05, 3.63) is 40.7 Å². The van der Waals surface area contributed by atoms with E-state index in [2.05, 4.69) is 45.0 Å². The Morgan fingerprint density at radius 3 is 2.80 bits per heavy atom. The third kappa shape index (κ3) is 5.65. The van der Waals surface area contributed by atoms with E-state index >= 15 is 0 Å². The second kappa shape index (κ2) is 9.49. The predicted octanol–water partition coefficient (Wildman–Crippen LogP) is 3.66. The predicted molar refractivity (Wildman–Crippen MR) is 115 cm³/mol. The van der Waals surface area contributed by atoms with Crippen molar-refractivity contribution in [1.29, 1.82) is 0 Å². The molecule has 2 heterocycles. The van der Waals surface area contributed by atoms with Crippen molar-refractivity contribution in [1.82, 2.24) is 15.6 Å². The van der Waals surface area contributed by atoms with Gasteiger partial charge in [-0.2, -0.15) is 0 Å². The minimum atomic E-state index is -0.0840. The van der Waals surface area contributed by atoms with Crippen LogP contribution in [0.4, 0.5) is 0 Å². The minimum absolute atomic E-state index is 0. The van der Waals surface area contributed by atoms with Crippen LogP contribution < -0.4 is 10.6 Å². The SMILES string of the molecule is CN=C(NCc1nc(-c2ccccc2)cs1)NCC1(C)CCCO1.I. The molecule has 1 aliphatic rings. The van der Waals surface area contributed by atoms with Crippen LogP contribution in [0.3, 0.4) is 0 Å². The number of nitrogens with zero attached hydrogens (tertiary/aromatic N) is 2. The quantitative estimate of drug-likeness (QED) is 0.396. The molecule has 0 saturated carbocycles. The van der Waals surface area contributed by atoms with Gasteiger partial charge in [0.15, 0.2) is 5.96 Å². The van der Waals surface area contributed by atoms with Gasteiger partial charge in [0.25, 0.3) is 0 Å². The van der Waals surface area contributed by atoms with E-state index in [1.165, 1.54) is 0 Å². The van der Waals surface area contributed by atoms with Crippen molar-refractivity contribution in [3.63, 3.8) is 0 Å². The van der Waals surface area contributed by atoms with Gasteiger partial charge >= 0.3 is 0 Å². The Bertz CT molecular complexity index is 683. The maximum absolute atomic E-state index is 5.79. The lowest BCUT2D eigenvalue weighted by atomic mass is 10.0. The Hall–Kier alpha value is -1.19. The Kier molecular flexibility index (Phi) is 7.64. The second-order valence-corrected chi connectivity index (χ2v) is 7.12. The average Bonchev–Trinajstić information content (AvgIpc) is 3.26. The summed E-state index contributed by atoms with van der Waals surface area (Å²) < 4.78 is 5.79. The van der Waals surface area contributed by atoms with Gasteiger partial charge in [-0.25, -0.2) is 4.98 Å². The van der Waals surface area contributed by atoms with E-state index in [1.807, 2.05) is 18.2 Å². The first kappa shape index (κ1) is 20.1. The molecule has 2 aromatic rings. The Balaban J connectivity index is 0.00000225. The zero-order valence-electron chi connectivity index (χ0n) is 14.6. The number of rotatable bonds is 5. The van der Waals surface area contributed by atoms with Crippen molar-refractivity contribution in [3.8, 4) is 11.3 Å². The third-order valence-corrected chi connectivity index (χ3v) is 5.03. The summed E-state index contributed by atoms with van der Waals surface area (Å²) in [6, 6.07) is 10.2. The van der Waals surface area contributed by atoms with Crippen LogP contribution in [0.5, 0.6) is 0 Å². The number of nitrogens with one attached hydrogen (secondary N) is 2. The first-order chi connectivity index (χ1) is 11.7. The monoisotopic (exact) mass is 472 g/mol. The van der Waals surface area contributed by atoms with E-state index < -0.39 is 0 Å². The van der Waals surface area contributed by atoms with Gasteiger partial charge in [-0.3, -0.25) is 4.99 Å². The van der Waals surface area contributed by atoms with E-state index in [0.717, 1.165) is 48.2 Å². The smallest absolute Gasteiger partial charge is 0.191 e. The molecule has 0 spiro atoms. The lowest BCUT2D eigenvalue weighted by Gasteiger charge is -2.24. The van der Waals surface area contributed by atoms with Crippen LogP contribution in [0.25, 0.3) is 11.3 Å². The summed E-state index contributed by atoms with van der Waals surface area (Å²) in [4.78, 5) is 8.96. The molecule has 2 N–H and O–H groups in total. The molecule has 0 aliphatic carbocycles. The molecular formula is C18H25IN4OS. The highest BCUT2D eigenvalue weighted by Gasteiger charge is 2.29. The van der Waals surface area contributed by atoms with Crippen molar-refractivity contribution >= 4 is 41.3 Å². The number of thiazole rings is 1. The fourth-order valence-corrected chi connectivity index (χ4v) is 3.50. The molecule has 136 valence electrons. The maximum Gasteiger partial charge on any atom is 0.191 e. The summed E-state index contributed by atoms with van der Waals surface area (Å²) in [6.45, 7) is 4.42. The number of hydrogen-bond donors (Lipinski definition) is 2. The molecule has 1 fully saturated rings. The van der Waals surface area contributed by atoms with Crippen LogP contribution in [-0.4, -0.2) is 36.7 Å². The molecule has 1 aromatic heterocycles. The van der Waals surface area contributed by atoms with Crippen molar-refractivity contribution in [2.24, 2.45) is 4.99 Å². The molecule has 0 amide bonds. The lowest BCUT2D eigenvalue weighted by molar-refractivity contribution is 0.0243. The molecule has 0 bridgehead atoms. The van der Waals surface area contributed by atoms with Gasteiger partial charge < -0.3 is 15.4 Å². The normalized spacial score (nSPS) is 20.2. The summed E-state index contributed by atoms with van der Waals surface area (Å²) in [5.74, 6) is 0.781. The molecule has 3 rings (SSSR count). The molecule has 1 aromatic carbocycles. The van der Waals surface area contributed by atoms with Crippen LogP contribution in [0, 0.1) is 0 Å². The van der Waals surface area contributed by atoms with Crippen molar-refractivity contribution < 1.29 is 4.74 Å². The maximum atomic E-state index is 5.79. The highest BCUT2D eigenvalue weighted by molar-refractivity contribution is 14.0. The first-order valence-electron chi connectivity index (χ1n) is 8.27. The van der Waals surface area contributed by atoms with Gasteiger partial charge in [-0.15, -0.1) is 35.3 Å². The van der Waals surface area contributed by atoms with Gasteiger partial charge in [0.1, 0.15) is 5.01 Å². The Morgan fingerprint density at radius 2 is 2.12 bits per heavy atom. The third-order valence-electron chi connectivity index (χ3n) is 4.18. The summed E-state index contributed by atoms with van der Waals surface area (Å²) in [7, 11) is 1.78. The summed E-state index contributed by atoms with van der Waals surface area (Å²) >= 11 is 1.66. The fourth-order valence-electron chi connectivity index (χ4n) is 2.76. The molecule has 25 heavy (non-hydrogen) atoms. The number of guanidine groups is 1. The molecule has 1 unspecified atom stereocenters. The molecular weight excluding hydrogens is 447 g/mol. The molecule has 1 atom stereocenters. The molecule has 7 heteroatoms. The number of benzene rings is 1. The van der Waals surface area contributed by atoms with Crippen LogP contribution >= 0.6 is 35.3 Å². The van der Waals surface area contributed by atoms with Crippen LogP contribution in [0.2, 0.25) is 0 Å². The van der Waals surface area contributed by atoms with E-state index in [9.17, 15) is 0 Å². The minimum Gasteiger partial charge on any atom is -0.373 e. The van der Waals surface area contributed by atoms with Crippen LogP contribution in [0.1, 0.15) is 24.8 Å². The van der Waals surface area contributed by atoms with Gasteiger partial charge in [-0.1, -0.05) is 30.3 Å². The largest absolute Gasteiger partial charge is 0.373 e. The molecule has 1 aliphatic heterocycles. The lowest BCUT2D eigenvalue weighted by Crippen LogP contribution is -2.45. The number of halogens is 1. The summed E-state index contributed by atoms with van der Waals surface area (Å²) in [5, 5.41) is 9.81. The standard InChI is InChI=1S/C18H24N4OS.HI/c1-18(9-6-10-23-18)13-21-17(19-2)20-11-16-22-15(12-24-16)14-7-4-3-5-8-14;/h3-5,7-8,12H,6,9-11,13H2,1-2H3,(H2,19,20,21);1H. The topological polar surface area (TPSA) is 58.5 Å². The zero-order valence-corrected chi connectivity index (χ0v) is 17.8. The Morgan fingerprint density at radius 1 is 1.32 bits per heavy atom. The van der Waals surface area contributed by atoms with E-state index in [4.69, 9.17) is 4.74 Å². The highest BCUT2D eigenvalue weighted by atomic mass is 127. The van der Waals surface area contributed by atoms with E-state index in [0.29, 0.717) is 6.54 Å². The fraction of sp³-hybridized carbons (Fsp3) is 0.444. The zero-order chi connectivity index (χ0) is 16.8. The number of aliphatic imine (C=N–C) groups is 1. The molecule has 0 radical (unpaired) electrons. The molecule has 5 nitrogen and oxygen atoms in total. The van der Waals surface area contributed by atoms with Crippen molar-refractivity contribution in [2.45, 2.75) is 31.9 Å². The number of hydrogen-bond acceptors (Lipinski definition) is 4. The van der Waals surface area contributed by atoms with E-state index in [1.54, 1.807) is 18.4 Å². The van der Waals surface area contributed by atoms with Crippen LogP contribution in [0.15, 0.2) is 40.7 Å². The first-order valence-corrected chi connectivity index (χ1v) is 9.15. The number of aromatic nitrogens is 1. The van der Waals surface area contributed by atoms with Gasteiger partial charge in [-0.05, 0) is 19.8 Å².